The van der Waals surface area contributed by atoms with Crippen LogP contribution in [-0.2, 0) is 10.8 Å². The lowest BCUT2D eigenvalue weighted by atomic mass is 9.82. The van der Waals surface area contributed by atoms with E-state index < -0.39 is 0 Å². The van der Waals surface area contributed by atoms with E-state index in [1.165, 1.54) is 98.0 Å². The van der Waals surface area contributed by atoms with Crippen molar-refractivity contribution in [3.63, 3.8) is 0 Å². The van der Waals surface area contributed by atoms with E-state index in [0.717, 1.165) is 5.69 Å². The van der Waals surface area contributed by atoms with Crippen LogP contribution in [0, 0.1) is 0 Å². The molecule has 0 aliphatic heterocycles. The van der Waals surface area contributed by atoms with Crippen molar-refractivity contribution in [1.29, 1.82) is 0 Å². The Kier molecular flexibility index (Phi) is 6.59. The first kappa shape index (κ1) is 31.6. The van der Waals surface area contributed by atoms with Crippen LogP contribution in [-0.4, -0.2) is 0 Å². The van der Waals surface area contributed by atoms with Crippen molar-refractivity contribution in [1.82, 2.24) is 0 Å². The molecule has 9 aromatic rings. The summed E-state index contributed by atoms with van der Waals surface area (Å²) in [6, 6.07) is 61.5. The molecule has 2 heteroatoms. The average Bonchev–Trinajstić information content (AvgIpc) is 3.78. The van der Waals surface area contributed by atoms with Crippen LogP contribution in [0.5, 0.6) is 0 Å². The average molecular weight is 710 g/mol. The summed E-state index contributed by atoms with van der Waals surface area (Å²) in [6.07, 6.45) is 0. The minimum Gasteiger partial charge on any atom is -0.310 e. The third-order valence-electron chi connectivity index (χ3n) is 12.5. The Morgan fingerprint density at radius 3 is 1.80 bits per heavy atom. The Morgan fingerprint density at radius 2 is 1.00 bits per heavy atom. The molecule has 11 rings (SSSR count). The third kappa shape index (κ3) is 4.38. The molecule has 258 valence electrons. The predicted molar refractivity (Wildman–Crippen MR) is 232 cm³/mol. The van der Waals surface area contributed by atoms with Crippen molar-refractivity contribution in [3.05, 3.63) is 186 Å². The number of fused-ring (bicyclic) bond motifs is 11. The Bertz CT molecular complexity index is 3000. The molecule has 0 N–H and O–H groups in total. The summed E-state index contributed by atoms with van der Waals surface area (Å²) in [7, 11) is 0. The quantitative estimate of drug-likeness (QED) is 0.176. The van der Waals surface area contributed by atoms with Crippen molar-refractivity contribution in [2.45, 2.75) is 38.5 Å². The SMILES string of the molecule is CC1(C)c2ccccc2-c2cc(N(c3ccc(-c4cccc5sc6c7ccccc7ccc6c45)cc3)c3ccc4c(c3)C(C)(C)c3ccccc3-4)ccc21. The van der Waals surface area contributed by atoms with Crippen LogP contribution >= 0.6 is 11.3 Å². The first-order chi connectivity index (χ1) is 26.3. The molecule has 0 unspecified atom stereocenters. The van der Waals surface area contributed by atoms with Gasteiger partial charge in [-0.3, -0.25) is 0 Å². The summed E-state index contributed by atoms with van der Waals surface area (Å²) in [5.74, 6) is 0. The number of anilines is 3. The van der Waals surface area contributed by atoms with E-state index in [4.69, 9.17) is 0 Å². The second-order valence-corrected chi connectivity index (χ2v) is 17.2. The lowest BCUT2D eigenvalue weighted by Crippen LogP contribution is -2.17. The molecule has 0 atom stereocenters. The highest BCUT2D eigenvalue weighted by Crippen LogP contribution is 2.53. The van der Waals surface area contributed by atoms with Gasteiger partial charge in [0.25, 0.3) is 0 Å². The highest BCUT2D eigenvalue weighted by molar-refractivity contribution is 7.26. The van der Waals surface area contributed by atoms with Gasteiger partial charge in [0.2, 0.25) is 0 Å². The van der Waals surface area contributed by atoms with E-state index in [-0.39, 0.29) is 10.8 Å². The second-order valence-electron chi connectivity index (χ2n) is 16.1. The number of hydrogen-bond acceptors (Lipinski definition) is 2. The predicted octanol–water partition coefficient (Wildman–Crippen LogP) is 15.0. The molecule has 0 saturated heterocycles. The topological polar surface area (TPSA) is 3.24 Å². The van der Waals surface area contributed by atoms with E-state index in [2.05, 4.69) is 196 Å². The van der Waals surface area contributed by atoms with Crippen LogP contribution in [0.1, 0.15) is 49.9 Å². The van der Waals surface area contributed by atoms with Crippen LogP contribution in [0.2, 0.25) is 0 Å². The Balaban J connectivity index is 1.08. The molecule has 0 bridgehead atoms. The molecule has 0 saturated carbocycles. The molecule has 2 aliphatic carbocycles. The molecule has 0 amide bonds. The van der Waals surface area contributed by atoms with Gasteiger partial charge in [0.15, 0.2) is 0 Å². The van der Waals surface area contributed by atoms with Gasteiger partial charge in [-0.25, -0.2) is 0 Å². The third-order valence-corrected chi connectivity index (χ3v) is 13.7. The Labute approximate surface area is 320 Å². The van der Waals surface area contributed by atoms with Crippen molar-refractivity contribution in [2.75, 3.05) is 4.90 Å². The molecule has 1 nitrogen and oxygen atoms in total. The van der Waals surface area contributed by atoms with Gasteiger partial charge in [0.05, 0.1) is 0 Å². The molecular weight excluding hydrogens is 671 g/mol. The summed E-state index contributed by atoms with van der Waals surface area (Å²) in [4.78, 5) is 2.46. The summed E-state index contributed by atoms with van der Waals surface area (Å²) >= 11 is 1.90. The van der Waals surface area contributed by atoms with E-state index in [0.29, 0.717) is 0 Å². The summed E-state index contributed by atoms with van der Waals surface area (Å²) in [6.45, 7) is 9.45. The van der Waals surface area contributed by atoms with E-state index in [9.17, 15) is 0 Å². The summed E-state index contributed by atoms with van der Waals surface area (Å²) < 4.78 is 2.69. The normalized spacial score (nSPS) is 14.6. The van der Waals surface area contributed by atoms with Gasteiger partial charge in [-0.2, -0.15) is 0 Å². The zero-order valence-corrected chi connectivity index (χ0v) is 31.8. The van der Waals surface area contributed by atoms with Gasteiger partial charge in [-0.15, -0.1) is 11.3 Å². The lowest BCUT2D eigenvalue weighted by Gasteiger charge is -2.29. The zero-order valence-electron chi connectivity index (χ0n) is 30.9. The maximum atomic E-state index is 2.46. The summed E-state index contributed by atoms with van der Waals surface area (Å²) in [5, 5.41) is 5.29. The number of benzene rings is 8. The number of rotatable bonds is 4. The Hall–Kier alpha value is -5.96. The first-order valence-corrected chi connectivity index (χ1v) is 19.8. The van der Waals surface area contributed by atoms with Crippen molar-refractivity contribution >= 4 is 59.3 Å². The van der Waals surface area contributed by atoms with Crippen LogP contribution < -0.4 is 4.90 Å². The monoisotopic (exact) mass is 709 g/mol. The van der Waals surface area contributed by atoms with Gasteiger partial charge < -0.3 is 4.90 Å². The zero-order chi connectivity index (χ0) is 36.3. The van der Waals surface area contributed by atoms with Crippen molar-refractivity contribution < 1.29 is 0 Å². The van der Waals surface area contributed by atoms with Gasteiger partial charge >= 0.3 is 0 Å². The number of thiophene rings is 1. The molecule has 0 spiro atoms. The minimum absolute atomic E-state index is 0.0422. The fraction of sp³-hybridized carbons (Fsp3) is 0.115. The molecule has 1 aromatic heterocycles. The van der Waals surface area contributed by atoms with Crippen molar-refractivity contribution in [2.24, 2.45) is 0 Å². The Morgan fingerprint density at radius 1 is 0.407 bits per heavy atom. The van der Waals surface area contributed by atoms with Crippen LogP contribution in [0.25, 0.3) is 64.3 Å². The summed E-state index contributed by atoms with van der Waals surface area (Å²) in [5.41, 5.74) is 16.8. The minimum atomic E-state index is -0.0916. The molecule has 2 aliphatic rings. The van der Waals surface area contributed by atoms with Crippen LogP contribution in [0.15, 0.2) is 164 Å². The van der Waals surface area contributed by atoms with Gasteiger partial charge in [0.1, 0.15) is 0 Å². The van der Waals surface area contributed by atoms with Crippen LogP contribution in [0.3, 0.4) is 0 Å². The standard InChI is InChI=1S/C52H39NS/c1-51(2)45-18-10-8-15-40(45)43-30-35(26-29-46(43)51)53(36-25-28-41-39-14-7-9-17-44(39)52(3,4)47(41)31-36)34-23-20-33(21-24-34)37-16-11-19-48-49(37)42-27-22-32-12-5-6-13-38(32)50(42)54-48/h5-31H,1-4H3. The molecule has 1 heterocycles. The lowest BCUT2D eigenvalue weighted by molar-refractivity contribution is 0.660. The maximum absolute atomic E-state index is 2.46. The molecule has 0 fully saturated rings. The fourth-order valence-corrected chi connectivity index (χ4v) is 11.0. The van der Waals surface area contributed by atoms with E-state index in [1.54, 1.807) is 0 Å². The van der Waals surface area contributed by atoms with E-state index in [1.807, 2.05) is 11.3 Å². The fourth-order valence-electron chi connectivity index (χ4n) is 9.71. The van der Waals surface area contributed by atoms with Crippen LogP contribution in [0.4, 0.5) is 17.1 Å². The highest BCUT2D eigenvalue weighted by Gasteiger charge is 2.37. The number of hydrogen-bond donors (Lipinski definition) is 0. The number of nitrogens with zero attached hydrogens (tertiary/aromatic N) is 1. The maximum Gasteiger partial charge on any atom is 0.0468 e. The molecule has 54 heavy (non-hydrogen) atoms. The smallest absolute Gasteiger partial charge is 0.0468 e. The van der Waals surface area contributed by atoms with E-state index >= 15 is 0 Å². The second kappa shape index (κ2) is 11.3. The van der Waals surface area contributed by atoms with Gasteiger partial charge in [-0.05, 0) is 109 Å². The first-order valence-electron chi connectivity index (χ1n) is 19.0. The van der Waals surface area contributed by atoms with Gasteiger partial charge in [0, 0.05) is 48.1 Å². The van der Waals surface area contributed by atoms with Crippen molar-refractivity contribution in [3.8, 4) is 33.4 Å². The van der Waals surface area contributed by atoms with Gasteiger partial charge in [-0.1, -0.05) is 149 Å². The largest absolute Gasteiger partial charge is 0.310 e. The molecular formula is C52H39NS. The molecule has 8 aromatic carbocycles. The highest BCUT2D eigenvalue weighted by atomic mass is 32.1. The molecule has 0 radical (unpaired) electrons.